The normalized spacial score (nSPS) is 11.2. The van der Waals surface area contributed by atoms with Gasteiger partial charge < -0.3 is 0 Å². The molecule has 1 amide bonds. The topological polar surface area (TPSA) is 127 Å². The molecule has 3 rings (SSSR count). The molecule has 0 unspecified atom stereocenters. The molecule has 0 saturated carbocycles. The van der Waals surface area contributed by atoms with Crippen LogP contribution in [0, 0.1) is 0 Å². The van der Waals surface area contributed by atoms with Crippen molar-refractivity contribution in [2.75, 3.05) is 16.3 Å². The molecule has 0 aliphatic carbocycles. The van der Waals surface area contributed by atoms with E-state index in [2.05, 4.69) is 30.4 Å². The van der Waals surface area contributed by atoms with Crippen molar-refractivity contribution < 1.29 is 13.2 Å². The fourth-order valence-electron chi connectivity index (χ4n) is 1.62. The average Bonchev–Trinajstić information content (AvgIpc) is 3.25. The van der Waals surface area contributed by atoms with Crippen LogP contribution in [0.25, 0.3) is 0 Å². The summed E-state index contributed by atoms with van der Waals surface area (Å²) in [5, 5.41) is 17.6. The van der Waals surface area contributed by atoms with Gasteiger partial charge in [-0.05, 0) is 18.4 Å². The molecule has 2 N–H and O–H groups in total. The van der Waals surface area contributed by atoms with E-state index in [9.17, 15) is 13.2 Å². The summed E-state index contributed by atoms with van der Waals surface area (Å²) in [7, 11) is -3.95. The molecule has 0 aliphatic heterocycles. The summed E-state index contributed by atoms with van der Waals surface area (Å²) in [6.07, 6.45) is 1.81. The molecule has 13 heteroatoms. The van der Waals surface area contributed by atoms with E-state index in [1.165, 1.54) is 11.8 Å². The van der Waals surface area contributed by atoms with Gasteiger partial charge in [0.2, 0.25) is 10.3 Å². The molecule has 25 heavy (non-hydrogen) atoms. The molecule has 2 aromatic heterocycles. The molecule has 3 aromatic rings. The number of hydrogen-bond acceptors (Lipinski definition) is 10. The molecule has 0 fully saturated rings. The second-order valence-corrected chi connectivity index (χ2v) is 9.24. The van der Waals surface area contributed by atoms with Crippen molar-refractivity contribution in [3.05, 3.63) is 35.9 Å². The Bertz CT molecular complexity index is 985. The molecule has 0 aliphatic rings. The number of carbonyl (C=O) groups is 1. The van der Waals surface area contributed by atoms with Gasteiger partial charge in [0, 0.05) is 5.56 Å². The third-order valence-corrected chi connectivity index (χ3v) is 7.18. The summed E-state index contributed by atoms with van der Waals surface area (Å²) in [6.45, 7) is 0. The number of nitrogens with one attached hydrogen (secondary N) is 2. The number of thioether (sulfide) groups is 1. The van der Waals surface area contributed by atoms with Gasteiger partial charge >= 0.3 is 0 Å². The van der Waals surface area contributed by atoms with Gasteiger partial charge in [0.25, 0.3) is 20.3 Å². The maximum Gasteiger partial charge on any atom is 0.293 e. The summed E-state index contributed by atoms with van der Waals surface area (Å²) in [5.74, 6) is -0.401. The number of nitrogens with zero attached hydrogens (tertiary/aromatic N) is 4. The van der Waals surface area contributed by atoms with Gasteiger partial charge in [-0.1, -0.05) is 52.6 Å². The van der Waals surface area contributed by atoms with Gasteiger partial charge in [-0.3, -0.25) is 14.8 Å². The van der Waals surface area contributed by atoms with E-state index in [1.807, 2.05) is 6.26 Å². The highest BCUT2D eigenvalue weighted by Gasteiger charge is 2.23. The number of anilines is 2. The van der Waals surface area contributed by atoms with Crippen LogP contribution in [-0.4, -0.2) is 41.0 Å². The van der Waals surface area contributed by atoms with Gasteiger partial charge in [0.15, 0.2) is 4.34 Å². The van der Waals surface area contributed by atoms with Crippen molar-refractivity contribution >= 4 is 60.6 Å². The monoisotopic (exact) mass is 414 g/mol. The molecule has 130 valence electrons. The Kier molecular flexibility index (Phi) is 5.27. The Morgan fingerprint density at radius 2 is 1.76 bits per heavy atom. The number of sulfonamides is 1. The first-order chi connectivity index (χ1) is 12.0. The third kappa shape index (κ3) is 4.31. The van der Waals surface area contributed by atoms with Crippen LogP contribution < -0.4 is 10.0 Å². The van der Waals surface area contributed by atoms with Crippen molar-refractivity contribution in [2.45, 2.75) is 8.68 Å². The number of amides is 1. The van der Waals surface area contributed by atoms with Gasteiger partial charge in [-0.15, -0.1) is 20.4 Å². The summed E-state index contributed by atoms with van der Waals surface area (Å²) < 4.78 is 27.2. The molecule has 0 atom stereocenters. The number of benzene rings is 1. The standard InChI is InChI=1S/C12H10N6O3S4/c1-22-11-16-15-10(23-11)18-25(20,21)12-17-14-9(24-12)13-8(19)7-5-3-2-4-6-7/h2-6H,1H3,(H,15,18)(H,13,14,19). The van der Waals surface area contributed by atoms with Crippen LogP contribution in [0.1, 0.15) is 10.4 Å². The number of rotatable bonds is 6. The second-order valence-electron chi connectivity index (χ2n) is 4.38. The maximum atomic E-state index is 12.3. The predicted molar refractivity (Wildman–Crippen MR) is 96.8 cm³/mol. The van der Waals surface area contributed by atoms with Crippen molar-refractivity contribution in [1.82, 2.24) is 20.4 Å². The zero-order chi connectivity index (χ0) is 17.9. The summed E-state index contributed by atoms with van der Waals surface area (Å²) in [4.78, 5) is 12.0. The Balaban J connectivity index is 1.72. The van der Waals surface area contributed by atoms with E-state index in [0.717, 1.165) is 22.7 Å². The summed E-state index contributed by atoms with van der Waals surface area (Å²) >= 11 is 3.21. The van der Waals surface area contributed by atoms with E-state index in [0.29, 0.717) is 9.90 Å². The highest BCUT2D eigenvalue weighted by molar-refractivity contribution is 8.00. The lowest BCUT2D eigenvalue weighted by molar-refractivity contribution is 0.102. The molecule has 2 heterocycles. The fourth-order valence-corrected chi connectivity index (χ4v) is 4.92. The van der Waals surface area contributed by atoms with Crippen LogP contribution >= 0.6 is 34.4 Å². The molecule has 1 aromatic carbocycles. The second kappa shape index (κ2) is 7.43. The van der Waals surface area contributed by atoms with Crippen molar-refractivity contribution in [2.24, 2.45) is 0 Å². The lowest BCUT2D eigenvalue weighted by atomic mass is 10.2. The van der Waals surface area contributed by atoms with Crippen LogP contribution in [-0.2, 0) is 10.0 Å². The third-order valence-electron chi connectivity index (χ3n) is 2.70. The van der Waals surface area contributed by atoms with Crippen LogP contribution in [0.15, 0.2) is 39.0 Å². The highest BCUT2D eigenvalue weighted by atomic mass is 32.2. The molecular formula is C12H10N6O3S4. The molecular weight excluding hydrogens is 404 g/mol. The zero-order valence-electron chi connectivity index (χ0n) is 12.5. The summed E-state index contributed by atoms with van der Waals surface area (Å²) in [6, 6.07) is 8.50. The first-order valence-corrected chi connectivity index (χ1v) is 10.9. The van der Waals surface area contributed by atoms with Crippen LogP contribution in [0.2, 0.25) is 0 Å². The van der Waals surface area contributed by atoms with Crippen molar-refractivity contribution in [1.29, 1.82) is 0 Å². The van der Waals surface area contributed by atoms with Crippen LogP contribution in [0.5, 0.6) is 0 Å². The van der Waals surface area contributed by atoms with Gasteiger partial charge in [0.05, 0.1) is 0 Å². The van der Waals surface area contributed by atoms with E-state index in [4.69, 9.17) is 0 Å². The van der Waals surface area contributed by atoms with Gasteiger partial charge in [-0.25, -0.2) is 0 Å². The Morgan fingerprint density at radius 3 is 2.44 bits per heavy atom. The smallest absolute Gasteiger partial charge is 0.293 e. The minimum Gasteiger partial charge on any atom is -0.296 e. The highest BCUT2D eigenvalue weighted by Crippen LogP contribution is 2.27. The van der Waals surface area contributed by atoms with E-state index < -0.39 is 15.9 Å². The number of hydrogen-bond donors (Lipinski definition) is 2. The first-order valence-electron chi connectivity index (χ1n) is 6.58. The SMILES string of the molecule is CSc1nnc(NS(=O)(=O)c2nnc(NC(=O)c3ccccc3)s2)s1. The molecule has 0 spiro atoms. The lowest BCUT2D eigenvalue weighted by Gasteiger charge is -2.00. The average molecular weight is 415 g/mol. The minimum absolute atomic E-state index is 0.0799. The molecule has 0 saturated heterocycles. The minimum atomic E-state index is -3.95. The van der Waals surface area contributed by atoms with Crippen LogP contribution in [0.4, 0.5) is 10.3 Å². The molecule has 0 radical (unpaired) electrons. The maximum absolute atomic E-state index is 12.3. The molecule has 9 nitrogen and oxygen atoms in total. The Morgan fingerprint density at radius 1 is 1.04 bits per heavy atom. The van der Waals surface area contributed by atoms with Crippen LogP contribution in [0.3, 0.4) is 0 Å². The number of aromatic nitrogens is 4. The van der Waals surface area contributed by atoms with Gasteiger partial charge in [0.1, 0.15) is 0 Å². The summed E-state index contributed by atoms with van der Waals surface area (Å²) in [5.41, 5.74) is 0.429. The van der Waals surface area contributed by atoms with E-state index in [-0.39, 0.29) is 14.6 Å². The Labute approximate surface area is 155 Å². The fraction of sp³-hybridized carbons (Fsp3) is 0.0833. The quantitative estimate of drug-likeness (QED) is 0.464. The van der Waals surface area contributed by atoms with E-state index >= 15 is 0 Å². The molecule has 0 bridgehead atoms. The van der Waals surface area contributed by atoms with Crippen molar-refractivity contribution in [3.8, 4) is 0 Å². The predicted octanol–water partition coefficient (Wildman–Crippen LogP) is 2.16. The lowest BCUT2D eigenvalue weighted by Crippen LogP contribution is -2.12. The zero-order valence-corrected chi connectivity index (χ0v) is 15.8. The van der Waals surface area contributed by atoms with Gasteiger partial charge in [-0.2, -0.15) is 8.42 Å². The first kappa shape index (κ1) is 17.7. The Hall–Kier alpha value is -2.09. The van der Waals surface area contributed by atoms with Crippen molar-refractivity contribution in [3.63, 3.8) is 0 Å². The van der Waals surface area contributed by atoms with E-state index in [1.54, 1.807) is 30.3 Å². The number of carbonyl (C=O) groups excluding carboxylic acids is 1. The largest absolute Gasteiger partial charge is 0.296 e.